The number of hydrogen-bond donors (Lipinski definition) is 1. The maximum absolute atomic E-state index is 9.48. The van der Waals surface area contributed by atoms with Gasteiger partial charge in [-0.1, -0.05) is 13.8 Å². The first kappa shape index (κ1) is 7.03. The van der Waals surface area contributed by atoms with Crippen molar-refractivity contribution >= 4 is 0 Å². The van der Waals surface area contributed by atoms with Gasteiger partial charge < -0.3 is 5.11 Å². The van der Waals surface area contributed by atoms with E-state index in [9.17, 15) is 5.11 Å². The first-order valence-corrected chi connectivity index (χ1v) is 3.65. The average Bonchev–Trinajstić information content (AvgIpc) is 1.81. The number of nitrogens with zero attached hydrogens (tertiary/aromatic N) is 1. The molecule has 1 heterocycles. The van der Waals surface area contributed by atoms with E-state index in [1.165, 1.54) is 0 Å². The van der Waals surface area contributed by atoms with E-state index in [0.29, 0.717) is 0 Å². The molecule has 0 aromatic carbocycles. The summed E-state index contributed by atoms with van der Waals surface area (Å²) >= 11 is 0. The van der Waals surface area contributed by atoms with E-state index >= 15 is 0 Å². The predicted octanol–water partition coefficient (Wildman–Crippen LogP) is 0.463. The SMILES string of the molecule is CCN1CC(O)(CC)C1. The van der Waals surface area contributed by atoms with Crippen LogP contribution in [0.25, 0.3) is 0 Å². The van der Waals surface area contributed by atoms with Gasteiger partial charge in [0, 0.05) is 13.1 Å². The van der Waals surface area contributed by atoms with E-state index in [4.69, 9.17) is 0 Å². The molecule has 0 amide bonds. The smallest absolute Gasteiger partial charge is 0.0897 e. The van der Waals surface area contributed by atoms with E-state index in [2.05, 4.69) is 11.8 Å². The molecule has 0 unspecified atom stereocenters. The molecule has 9 heavy (non-hydrogen) atoms. The van der Waals surface area contributed by atoms with Gasteiger partial charge in [0.1, 0.15) is 0 Å². The van der Waals surface area contributed by atoms with Gasteiger partial charge in [-0.05, 0) is 13.0 Å². The monoisotopic (exact) mass is 129 g/mol. The molecule has 0 aromatic rings. The Morgan fingerprint density at radius 3 is 2.33 bits per heavy atom. The Bertz CT molecular complexity index is 97.1. The summed E-state index contributed by atoms with van der Waals surface area (Å²) in [6.45, 7) is 6.98. The maximum Gasteiger partial charge on any atom is 0.0897 e. The van der Waals surface area contributed by atoms with E-state index < -0.39 is 0 Å². The van der Waals surface area contributed by atoms with Crippen LogP contribution in [0.15, 0.2) is 0 Å². The topological polar surface area (TPSA) is 23.5 Å². The molecule has 0 atom stereocenters. The molecule has 0 aromatic heterocycles. The van der Waals surface area contributed by atoms with Crippen LogP contribution < -0.4 is 0 Å². The van der Waals surface area contributed by atoms with Gasteiger partial charge in [-0.3, -0.25) is 4.90 Å². The van der Waals surface area contributed by atoms with Crippen LogP contribution in [-0.2, 0) is 0 Å². The number of likely N-dealkylation sites (N-methyl/N-ethyl adjacent to an activating group) is 1. The fourth-order valence-electron chi connectivity index (χ4n) is 1.23. The Balaban J connectivity index is 2.24. The molecular formula is C7H15NO. The lowest BCUT2D eigenvalue weighted by Crippen LogP contribution is -2.60. The lowest BCUT2D eigenvalue weighted by atomic mass is 9.92. The highest BCUT2D eigenvalue weighted by Crippen LogP contribution is 2.22. The van der Waals surface area contributed by atoms with Crippen LogP contribution in [0.1, 0.15) is 20.3 Å². The normalized spacial score (nSPS) is 25.7. The van der Waals surface area contributed by atoms with E-state index in [-0.39, 0.29) is 5.60 Å². The highest BCUT2D eigenvalue weighted by atomic mass is 16.3. The Morgan fingerprint density at radius 1 is 1.44 bits per heavy atom. The fourth-order valence-corrected chi connectivity index (χ4v) is 1.23. The number of hydrogen-bond acceptors (Lipinski definition) is 2. The molecule has 2 heteroatoms. The van der Waals surface area contributed by atoms with Crippen LogP contribution in [0.3, 0.4) is 0 Å². The highest BCUT2D eigenvalue weighted by molar-refractivity contribution is 4.93. The third-order valence-electron chi connectivity index (χ3n) is 2.14. The number of β-amino-alcohol motifs (C(OH)–C–C–N with tert-alkyl or cyclic N) is 1. The van der Waals surface area contributed by atoms with E-state index in [1.54, 1.807) is 0 Å². The second-order valence-electron chi connectivity index (χ2n) is 2.88. The zero-order valence-corrected chi connectivity index (χ0v) is 6.22. The van der Waals surface area contributed by atoms with Crippen molar-refractivity contribution < 1.29 is 5.11 Å². The molecule has 54 valence electrons. The minimum Gasteiger partial charge on any atom is -0.387 e. The third-order valence-corrected chi connectivity index (χ3v) is 2.14. The second-order valence-corrected chi connectivity index (χ2v) is 2.88. The van der Waals surface area contributed by atoms with Crippen molar-refractivity contribution in [2.45, 2.75) is 25.9 Å². The highest BCUT2D eigenvalue weighted by Gasteiger charge is 2.37. The summed E-state index contributed by atoms with van der Waals surface area (Å²) in [6, 6.07) is 0. The van der Waals surface area contributed by atoms with Gasteiger partial charge in [0.2, 0.25) is 0 Å². The summed E-state index contributed by atoms with van der Waals surface area (Å²) < 4.78 is 0. The van der Waals surface area contributed by atoms with Gasteiger partial charge in [-0.15, -0.1) is 0 Å². The first-order valence-electron chi connectivity index (χ1n) is 3.65. The van der Waals surface area contributed by atoms with Crippen molar-refractivity contribution in [3.8, 4) is 0 Å². The van der Waals surface area contributed by atoms with Crippen molar-refractivity contribution in [3.63, 3.8) is 0 Å². The van der Waals surface area contributed by atoms with E-state index in [1.807, 2.05) is 6.92 Å². The van der Waals surface area contributed by atoms with E-state index in [0.717, 1.165) is 26.1 Å². The van der Waals surface area contributed by atoms with Gasteiger partial charge in [0.25, 0.3) is 0 Å². The molecule has 1 aliphatic rings. The van der Waals surface area contributed by atoms with Crippen molar-refractivity contribution in [2.24, 2.45) is 0 Å². The lowest BCUT2D eigenvalue weighted by molar-refractivity contribution is -0.0970. The predicted molar refractivity (Wildman–Crippen MR) is 37.4 cm³/mol. The summed E-state index contributed by atoms with van der Waals surface area (Å²) in [5, 5.41) is 9.48. The second kappa shape index (κ2) is 2.27. The van der Waals surface area contributed by atoms with Gasteiger partial charge in [0.05, 0.1) is 5.60 Å². The molecule has 0 radical (unpaired) electrons. The van der Waals surface area contributed by atoms with Crippen LogP contribution in [0.2, 0.25) is 0 Å². The fraction of sp³-hybridized carbons (Fsp3) is 1.00. The van der Waals surface area contributed by atoms with Gasteiger partial charge >= 0.3 is 0 Å². The van der Waals surface area contributed by atoms with Gasteiger partial charge in [-0.25, -0.2) is 0 Å². The lowest BCUT2D eigenvalue weighted by Gasteiger charge is -2.45. The molecule has 1 rings (SSSR count). The molecule has 2 nitrogen and oxygen atoms in total. The third kappa shape index (κ3) is 1.25. The Labute approximate surface area is 56.5 Å². The molecule has 0 bridgehead atoms. The van der Waals surface area contributed by atoms with Crippen LogP contribution in [-0.4, -0.2) is 35.2 Å². The van der Waals surface area contributed by atoms with Crippen molar-refractivity contribution in [1.82, 2.24) is 4.90 Å². The summed E-state index contributed by atoms with van der Waals surface area (Å²) in [4.78, 5) is 2.24. The summed E-state index contributed by atoms with van der Waals surface area (Å²) in [7, 11) is 0. The minimum atomic E-state index is -0.337. The Hall–Kier alpha value is -0.0800. The standard InChI is InChI=1S/C7H15NO/c1-3-7(9)5-8(4-2)6-7/h9H,3-6H2,1-2H3. The van der Waals surface area contributed by atoms with Gasteiger partial charge in [-0.2, -0.15) is 0 Å². The maximum atomic E-state index is 9.48. The molecular weight excluding hydrogens is 114 g/mol. The van der Waals surface area contributed by atoms with Crippen molar-refractivity contribution in [3.05, 3.63) is 0 Å². The minimum absolute atomic E-state index is 0.337. The molecule has 0 spiro atoms. The molecule has 0 saturated carbocycles. The summed E-state index contributed by atoms with van der Waals surface area (Å²) in [5.41, 5.74) is -0.337. The molecule has 1 saturated heterocycles. The van der Waals surface area contributed by atoms with Crippen LogP contribution >= 0.6 is 0 Å². The largest absolute Gasteiger partial charge is 0.387 e. The summed E-state index contributed by atoms with van der Waals surface area (Å²) in [6.07, 6.45) is 0.892. The number of likely N-dealkylation sites (tertiary alicyclic amines) is 1. The number of aliphatic hydroxyl groups is 1. The molecule has 1 fully saturated rings. The zero-order chi connectivity index (χ0) is 6.91. The van der Waals surface area contributed by atoms with Crippen molar-refractivity contribution in [2.75, 3.05) is 19.6 Å². The molecule has 0 aliphatic carbocycles. The molecule has 1 N–H and O–H groups in total. The summed E-state index contributed by atoms with van der Waals surface area (Å²) in [5.74, 6) is 0. The average molecular weight is 129 g/mol. The van der Waals surface area contributed by atoms with Crippen LogP contribution in [0.5, 0.6) is 0 Å². The Morgan fingerprint density at radius 2 is 2.00 bits per heavy atom. The van der Waals surface area contributed by atoms with Crippen LogP contribution in [0, 0.1) is 0 Å². The zero-order valence-electron chi connectivity index (χ0n) is 6.22. The Kier molecular flexibility index (Phi) is 1.78. The first-order chi connectivity index (χ1) is 4.20. The van der Waals surface area contributed by atoms with Gasteiger partial charge in [0.15, 0.2) is 0 Å². The quantitative estimate of drug-likeness (QED) is 0.585. The number of rotatable bonds is 2. The molecule has 1 aliphatic heterocycles. The van der Waals surface area contributed by atoms with Crippen molar-refractivity contribution in [1.29, 1.82) is 0 Å². The van der Waals surface area contributed by atoms with Crippen LogP contribution in [0.4, 0.5) is 0 Å².